The molecule has 438 valence electrons. The summed E-state index contributed by atoms with van der Waals surface area (Å²) in [6, 6.07) is 5.33. The Hall–Kier alpha value is -5.33. The van der Waals surface area contributed by atoms with E-state index < -0.39 is 141 Å². The minimum absolute atomic E-state index is 0.0688. The molecule has 79 heavy (non-hydrogen) atoms. The number of esters is 1. The van der Waals surface area contributed by atoms with Gasteiger partial charge >= 0.3 is 11.9 Å². The number of hydrogen-bond acceptors (Lipinski definition) is 19. The van der Waals surface area contributed by atoms with E-state index in [1.165, 1.54) is 6.08 Å². The predicted octanol–water partition coefficient (Wildman–Crippen LogP) is 3.77. The lowest BCUT2D eigenvalue weighted by Gasteiger charge is -2.45. The smallest absolute Gasteiger partial charge is 0.313 e. The maximum Gasteiger partial charge on any atom is 0.313 e. The molecule has 0 aliphatic carbocycles. The highest BCUT2D eigenvalue weighted by atomic mass is 16.7. The Labute approximate surface area is 462 Å². The van der Waals surface area contributed by atoms with Crippen LogP contribution >= 0.6 is 0 Å². The van der Waals surface area contributed by atoms with E-state index in [-0.39, 0.29) is 68.7 Å². The zero-order chi connectivity index (χ0) is 58.2. The summed E-state index contributed by atoms with van der Waals surface area (Å²) in [5.41, 5.74) is 12.7. The van der Waals surface area contributed by atoms with E-state index in [4.69, 9.17) is 30.4 Å². The van der Waals surface area contributed by atoms with Crippen molar-refractivity contribution >= 4 is 35.0 Å². The lowest BCUT2D eigenvalue weighted by Crippen LogP contribution is -2.59. The Balaban J connectivity index is 1.54. The van der Waals surface area contributed by atoms with Crippen molar-refractivity contribution < 1.29 is 88.9 Å². The van der Waals surface area contributed by atoms with E-state index in [2.05, 4.69) is 0 Å². The Morgan fingerprint density at radius 2 is 1.37 bits per heavy atom. The molecule has 0 spiro atoms. The molecule has 1 aromatic rings. The summed E-state index contributed by atoms with van der Waals surface area (Å²) in [7, 11) is 0. The van der Waals surface area contributed by atoms with E-state index in [1.54, 1.807) is 97.2 Å². The molecular formula is C59H84N2O18. The molecule has 3 aliphatic rings. The van der Waals surface area contributed by atoms with Crippen LogP contribution in [0.4, 0.5) is 5.69 Å². The second-order valence-corrected chi connectivity index (χ2v) is 21.1. The lowest BCUT2D eigenvalue weighted by atomic mass is 9.81. The van der Waals surface area contributed by atoms with Gasteiger partial charge in [0.15, 0.2) is 17.9 Å². The fourth-order valence-corrected chi connectivity index (χ4v) is 10.1. The van der Waals surface area contributed by atoms with Crippen LogP contribution in [0.25, 0.3) is 0 Å². The number of fused-ring (bicyclic) bond motifs is 2. The first kappa shape index (κ1) is 66.2. The minimum Gasteiger partial charge on any atom is -0.481 e. The van der Waals surface area contributed by atoms with Gasteiger partial charge in [-0.1, -0.05) is 112 Å². The van der Waals surface area contributed by atoms with Crippen LogP contribution in [-0.4, -0.2) is 161 Å². The molecule has 0 amide bonds. The summed E-state index contributed by atoms with van der Waals surface area (Å²) in [4.78, 5) is 64.8. The number of nitrogen functional groups attached to an aromatic ring is 1. The van der Waals surface area contributed by atoms with Gasteiger partial charge in [0.05, 0.1) is 61.5 Å². The van der Waals surface area contributed by atoms with Gasteiger partial charge in [-0.25, -0.2) is 0 Å². The summed E-state index contributed by atoms with van der Waals surface area (Å²) in [6.07, 6.45) is 7.33. The van der Waals surface area contributed by atoms with Crippen LogP contribution < -0.4 is 11.5 Å². The number of Topliss-reactive ketones (excluding diaryl/α,β-unsaturated/α-hetero) is 3. The van der Waals surface area contributed by atoms with Gasteiger partial charge < -0.3 is 76.4 Å². The number of aliphatic carboxylic acids is 1. The molecule has 4 rings (SSSR count). The number of aliphatic hydroxyl groups is 8. The van der Waals surface area contributed by atoms with Crippen LogP contribution in [0.1, 0.15) is 115 Å². The number of anilines is 1. The maximum atomic E-state index is 13.4. The van der Waals surface area contributed by atoms with Crippen LogP contribution in [0.3, 0.4) is 0 Å². The molecular weight excluding hydrogens is 1020 g/mol. The van der Waals surface area contributed by atoms with Crippen molar-refractivity contribution in [2.24, 2.45) is 29.4 Å². The average molecular weight is 1110 g/mol. The zero-order valence-corrected chi connectivity index (χ0v) is 45.4. The van der Waals surface area contributed by atoms with E-state index in [0.29, 0.717) is 24.1 Å². The first-order valence-electron chi connectivity index (χ1n) is 27.2. The SMILES string of the molecule is CCC(CC(C)C1OC(=O)CC(=O)CCCC(=O)CC(O)CC(O)CC(O)CC2(O)CC(O)C(C(=O)O)C(CC(OC3OCC(O)[C@H](N)[C@@H]3O)/C=C/C=C/C=C/C=C/C=C/C=C/C=C/C1C)O2)C(O)CC(=O)c1ccc(N)cc1. The van der Waals surface area contributed by atoms with E-state index in [0.717, 1.165) is 0 Å². The molecule has 0 radical (unpaired) electrons. The lowest BCUT2D eigenvalue weighted by molar-refractivity contribution is -0.305. The molecule has 3 heterocycles. The van der Waals surface area contributed by atoms with Crippen molar-refractivity contribution in [3.05, 3.63) is 115 Å². The summed E-state index contributed by atoms with van der Waals surface area (Å²) < 4.78 is 23.5. The van der Waals surface area contributed by atoms with Crippen molar-refractivity contribution in [3.63, 3.8) is 0 Å². The third-order valence-corrected chi connectivity index (χ3v) is 14.4. The highest BCUT2D eigenvalue weighted by molar-refractivity contribution is 5.97. The van der Waals surface area contributed by atoms with Gasteiger partial charge in [0.2, 0.25) is 0 Å². The van der Waals surface area contributed by atoms with Crippen LogP contribution in [0.15, 0.2) is 109 Å². The normalized spacial score (nSPS) is 36.0. The molecule has 3 aliphatic heterocycles. The van der Waals surface area contributed by atoms with Crippen molar-refractivity contribution in [1.29, 1.82) is 0 Å². The number of aliphatic hydroxyl groups excluding tert-OH is 7. The van der Waals surface area contributed by atoms with Gasteiger partial charge in [-0.3, -0.25) is 24.0 Å². The highest BCUT2D eigenvalue weighted by Gasteiger charge is 2.50. The molecule has 17 atom stereocenters. The third kappa shape index (κ3) is 23.0. The molecule has 1 aromatic carbocycles. The minimum atomic E-state index is -2.32. The topological polar surface area (TPSA) is 356 Å². The van der Waals surface area contributed by atoms with Crippen LogP contribution in [-0.2, 0) is 38.1 Å². The summed E-state index contributed by atoms with van der Waals surface area (Å²) in [5, 5.41) is 97.5. The Morgan fingerprint density at radius 3 is 1.97 bits per heavy atom. The standard InChI is InChI=1S/C59H84N2O18/c1-4-38(47(67)32-48(68)39-22-24-40(60)25-23-39)26-37(3)56-36(2)18-15-13-11-9-7-5-6-8-10-12-14-16-21-46(77-58-55(72)54(61)50(70)35-76-58)31-51-53(57(73)74)49(69)34-59(75,79-51)33-45(66)29-44(65)28-43(64)27-41(62)19-17-20-42(63)30-52(71)78-56/h5-16,18,21-25,36-38,43-47,49-51,53-56,58,64-67,69-70,72,75H,4,17,19-20,26-35,60-61H2,1-3H3,(H,73,74)/b6-5+,9-7+,10-8+,13-11+,14-12+,18-15+,21-16+/t36?,37?,38?,43?,44?,45?,46?,47?,49?,50?,51?,53?,54-,55-,56?,58?,59?/m0/s1. The molecule has 15 unspecified atom stereocenters. The van der Waals surface area contributed by atoms with Gasteiger partial charge in [-0.2, -0.15) is 0 Å². The summed E-state index contributed by atoms with van der Waals surface area (Å²) >= 11 is 0. The fraction of sp³-hybridized carbons (Fsp3) is 0.576. The van der Waals surface area contributed by atoms with Gasteiger partial charge in [0, 0.05) is 62.1 Å². The number of hydrogen-bond donors (Lipinski definition) is 11. The number of nitrogens with two attached hydrogens (primary N) is 2. The number of carboxylic acids is 1. The number of rotatable bonds is 11. The molecule has 2 saturated heterocycles. The van der Waals surface area contributed by atoms with Crippen LogP contribution in [0.2, 0.25) is 0 Å². The second kappa shape index (κ2) is 33.4. The number of ketones is 3. The summed E-state index contributed by atoms with van der Waals surface area (Å²) in [6.45, 7) is 5.39. The van der Waals surface area contributed by atoms with Gasteiger partial charge in [-0.15, -0.1) is 0 Å². The van der Waals surface area contributed by atoms with Crippen LogP contribution in [0, 0.1) is 23.7 Å². The maximum absolute atomic E-state index is 13.4. The number of carbonyl (C=O) groups excluding carboxylic acids is 4. The van der Waals surface area contributed by atoms with Crippen molar-refractivity contribution in [2.75, 3.05) is 12.3 Å². The Morgan fingerprint density at radius 1 is 0.785 bits per heavy atom. The molecule has 2 fully saturated rings. The molecule has 0 aromatic heterocycles. The molecule has 0 saturated carbocycles. The molecule has 13 N–H and O–H groups in total. The largest absolute Gasteiger partial charge is 0.481 e. The number of allylic oxidation sites excluding steroid dienone is 12. The zero-order valence-electron chi connectivity index (χ0n) is 45.4. The van der Waals surface area contributed by atoms with Crippen LogP contribution in [0.5, 0.6) is 0 Å². The molecule has 20 nitrogen and oxygen atoms in total. The quantitative estimate of drug-likeness (QED) is 0.0650. The number of carboxylic acid groups (broad SMARTS) is 1. The monoisotopic (exact) mass is 1110 g/mol. The van der Waals surface area contributed by atoms with Crippen molar-refractivity contribution in [1.82, 2.24) is 0 Å². The van der Waals surface area contributed by atoms with Crippen molar-refractivity contribution in [2.45, 2.75) is 183 Å². The van der Waals surface area contributed by atoms with Gasteiger partial charge in [0.1, 0.15) is 36.1 Å². The Kier molecular flexibility index (Phi) is 28.0. The highest BCUT2D eigenvalue weighted by Crippen LogP contribution is 2.38. The third-order valence-electron chi connectivity index (χ3n) is 14.4. The Bertz CT molecular complexity index is 2310. The number of benzene rings is 1. The first-order valence-corrected chi connectivity index (χ1v) is 27.2. The number of cyclic esters (lactones) is 1. The van der Waals surface area contributed by atoms with E-state index in [9.17, 15) is 69.9 Å². The number of carbonyl (C=O) groups is 5. The first-order chi connectivity index (χ1) is 37.5. The predicted molar refractivity (Wildman–Crippen MR) is 292 cm³/mol. The van der Waals surface area contributed by atoms with Crippen molar-refractivity contribution in [3.8, 4) is 0 Å². The molecule has 2 bridgehead atoms. The molecule has 20 heteroatoms. The van der Waals surface area contributed by atoms with E-state index in [1.807, 2.05) is 26.8 Å². The number of ether oxygens (including phenoxy) is 4. The van der Waals surface area contributed by atoms with Gasteiger partial charge in [-0.05, 0) is 61.8 Å². The fourth-order valence-electron chi connectivity index (χ4n) is 10.1. The second-order valence-electron chi connectivity index (χ2n) is 21.1. The average Bonchev–Trinajstić information content (AvgIpc) is 3.37. The van der Waals surface area contributed by atoms with Gasteiger partial charge in [0.25, 0.3) is 0 Å². The van der Waals surface area contributed by atoms with E-state index >= 15 is 0 Å². The summed E-state index contributed by atoms with van der Waals surface area (Å²) in [5.74, 6) is -8.25.